The lowest BCUT2D eigenvalue weighted by molar-refractivity contribution is -0.120. The van der Waals surface area contributed by atoms with Crippen molar-refractivity contribution in [1.29, 1.82) is 0 Å². The largest absolute Gasteiger partial charge is 0.494 e. The lowest BCUT2D eigenvalue weighted by Crippen LogP contribution is -2.32. The highest BCUT2D eigenvalue weighted by Gasteiger charge is 2.40. The molecule has 0 bridgehead atoms. The van der Waals surface area contributed by atoms with E-state index in [1.54, 1.807) is 0 Å². The third-order valence-electron chi connectivity index (χ3n) is 6.00. The van der Waals surface area contributed by atoms with Gasteiger partial charge in [-0.25, -0.2) is 4.90 Å². The van der Waals surface area contributed by atoms with Gasteiger partial charge in [0.05, 0.1) is 17.9 Å². The number of benzene rings is 3. The number of anilines is 2. The molecule has 5 nitrogen and oxygen atoms in total. The first-order valence-electron chi connectivity index (χ1n) is 11.6. The maximum Gasteiger partial charge on any atom is 0.282 e. The molecule has 1 aliphatic heterocycles. The minimum absolute atomic E-state index is 0.272. The summed E-state index contributed by atoms with van der Waals surface area (Å²) in [5.74, 6) is 0.358. The molecule has 3 aromatic carbocycles. The van der Waals surface area contributed by atoms with Crippen molar-refractivity contribution in [3.8, 4) is 5.75 Å². The van der Waals surface area contributed by atoms with Crippen molar-refractivity contribution in [2.75, 3.05) is 16.8 Å². The lowest BCUT2D eigenvalue weighted by atomic mass is 10.0. The van der Waals surface area contributed by atoms with Crippen LogP contribution in [0.15, 0.2) is 72.4 Å². The van der Waals surface area contributed by atoms with E-state index in [2.05, 4.69) is 19.2 Å². The van der Waals surface area contributed by atoms with Crippen LogP contribution in [0.3, 0.4) is 0 Å². The van der Waals surface area contributed by atoms with Gasteiger partial charge in [0.1, 0.15) is 11.4 Å². The summed E-state index contributed by atoms with van der Waals surface area (Å²) in [5, 5.41) is 3.27. The van der Waals surface area contributed by atoms with E-state index in [1.165, 1.54) is 4.90 Å². The van der Waals surface area contributed by atoms with Crippen LogP contribution in [0.2, 0.25) is 0 Å². The molecular formula is C29H30N2O3. The zero-order valence-electron chi connectivity index (χ0n) is 20.3. The molecule has 0 radical (unpaired) electrons. The number of hydrogen-bond acceptors (Lipinski definition) is 4. The van der Waals surface area contributed by atoms with Gasteiger partial charge in [-0.1, -0.05) is 55.8 Å². The molecule has 1 heterocycles. The Morgan fingerprint density at radius 1 is 0.882 bits per heavy atom. The van der Waals surface area contributed by atoms with Crippen LogP contribution in [0.4, 0.5) is 11.4 Å². The number of aryl methyl sites for hydroxylation is 2. The summed E-state index contributed by atoms with van der Waals surface area (Å²) >= 11 is 0. The van der Waals surface area contributed by atoms with Crippen molar-refractivity contribution < 1.29 is 14.3 Å². The van der Waals surface area contributed by atoms with E-state index >= 15 is 0 Å². The van der Waals surface area contributed by atoms with E-state index in [0.717, 1.165) is 22.4 Å². The van der Waals surface area contributed by atoms with E-state index in [4.69, 9.17) is 4.74 Å². The molecule has 5 heteroatoms. The number of nitrogens with zero attached hydrogens (tertiary/aromatic N) is 1. The molecule has 1 N–H and O–H groups in total. The smallest absolute Gasteiger partial charge is 0.282 e. The predicted molar refractivity (Wildman–Crippen MR) is 137 cm³/mol. The fourth-order valence-electron chi connectivity index (χ4n) is 4.13. The van der Waals surface area contributed by atoms with Crippen LogP contribution in [0.1, 0.15) is 48.9 Å². The zero-order chi connectivity index (χ0) is 24.4. The Labute approximate surface area is 201 Å². The van der Waals surface area contributed by atoms with Crippen LogP contribution in [-0.4, -0.2) is 18.4 Å². The first-order chi connectivity index (χ1) is 16.3. The summed E-state index contributed by atoms with van der Waals surface area (Å²) in [6.45, 7) is 10.7. The number of rotatable bonds is 7. The maximum absolute atomic E-state index is 13.7. The molecule has 1 aliphatic rings. The van der Waals surface area contributed by atoms with E-state index in [1.807, 2.05) is 87.5 Å². The van der Waals surface area contributed by atoms with Gasteiger partial charge in [0.2, 0.25) is 0 Å². The van der Waals surface area contributed by atoms with E-state index in [-0.39, 0.29) is 17.5 Å². The monoisotopic (exact) mass is 454 g/mol. The fourth-order valence-corrected chi connectivity index (χ4v) is 4.13. The number of imide groups is 1. The van der Waals surface area contributed by atoms with E-state index in [0.29, 0.717) is 35.1 Å². The molecule has 0 saturated carbocycles. The zero-order valence-corrected chi connectivity index (χ0v) is 20.3. The fraction of sp³-hybridized carbons (Fsp3) is 0.241. The van der Waals surface area contributed by atoms with Crippen molar-refractivity contribution in [2.24, 2.45) is 0 Å². The Balaban J connectivity index is 1.78. The highest BCUT2D eigenvalue weighted by atomic mass is 16.5. The molecule has 2 amide bonds. The molecule has 0 aromatic heterocycles. The van der Waals surface area contributed by atoms with Crippen LogP contribution in [0.5, 0.6) is 5.75 Å². The molecule has 0 spiro atoms. The molecule has 3 aromatic rings. The van der Waals surface area contributed by atoms with Gasteiger partial charge in [-0.15, -0.1) is 0 Å². The van der Waals surface area contributed by atoms with Crippen LogP contribution in [0.25, 0.3) is 5.57 Å². The second kappa shape index (κ2) is 9.56. The normalized spacial score (nSPS) is 13.8. The highest BCUT2D eigenvalue weighted by Crippen LogP contribution is 2.35. The minimum atomic E-state index is -0.369. The van der Waals surface area contributed by atoms with Crippen LogP contribution in [-0.2, 0) is 9.59 Å². The van der Waals surface area contributed by atoms with Crippen molar-refractivity contribution in [3.63, 3.8) is 0 Å². The van der Waals surface area contributed by atoms with Crippen molar-refractivity contribution in [3.05, 3.63) is 94.7 Å². The molecule has 0 unspecified atom stereocenters. The maximum atomic E-state index is 13.7. The molecule has 4 rings (SSSR count). The van der Waals surface area contributed by atoms with E-state index < -0.39 is 0 Å². The van der Waals surface area contributed by atoms with Crippen molar-refractivity contribution in [2.45, 2.75) is 40.5 Å². The number of carbonyl (C=O) groups is 2. The van der Waals surface area contributed by atoms with Gasteiger partial charge in [0, 0.05) is 5.69 Å². The average Bonchev–Trinajstić information content (AvgIpc) is 3.05. The van der Waals surface area contributed by atoms with Crippen molar-refractivity contribution in [1.82, 2.24) is 0 Å². The standard InChI is InChI=1S/C29H30N2O3/c1-6-34-24-14-10-22(11-15-24)26-27(30-25-16-7-19(4)17-20(25)5)29(33)31(28(26)32)23-12-8-21(9-13-23)18(2)3/h7-18,30H,6H2,1-5H3. The molecule has 34 heavy (non-hydrogen) atoms. The Morgan fingerprint density at radius 3 is 2.15 bits per heavy atom. The van der Waals surface area contributed by atoms with Gasteiger partial charge in [-0.05, 0) is 73.7 Å². The van der Waals surface area contributed by atoms with E-state index in [9.17, 15) is 9.59 Å². The van der Waals surface area contributed by atoms with Gasteiger partial charge in [0.15, 0.2) is 0 Å². The van der Waals surface area contributed by atoms with Crippen molar-refractivity contribution >= 4 is 28.8 Å². The van der Waals surface area contributed by atoms with Gasteiger partial charge >= 0.3 is 0 Å². The predicted octanol–water partition coefficient (Wildman–Crippen LogP) is 6.22. The third-order valence-corrected chi connectivity index (χ3v) is 6.00. The summed E-state index contributed by atoms with van der Waals surface area (Å²) in [4.78, 5) is 28.5. The molecule has 0 atom stereocenters. The summed E-state index contributed by atoms with van der Waals surface area (Å²) in [5.41, 5.74) is 5.91. The summed E-state index contributed by atoms with van der Waals surface area (Å²) < 4.78 is 5.55. The number of carbonyl (C=O) groups excluding carboxylic acids is 2. The SMILES string of the molecule is CCOc1ccc(C2=C(Nc3ccc(C)cc3C)C(=O)N(c3ccc(C(C)C)cc3)C2=O)cc1. The molecule has 0 saturated heterocycles. The van der Waals surface area contributed by atoms with Crippen LogP contribution >= 0.6 is 0 Å². The first kappa shape index (κ1) is 23.3. The Morgan fingerprint density at radius 2 is 1.56 bits per heavy atom. The summed E-state index contributed by atoms with van der Waals surface area (Å²) in [6, 6.07) is 20.8. The first-order valence-corrected chi connectivity index (χ1v) is 11.6. The third kappa shape index (κ3) is 4.46. The number of amides is 2. The lowest BCUT2D eigenvalue weighted by Gasteiger charge is -2.17. The average molecular weight is 455 g/mol. The number of hydrogen-bond donors (Lipinski definition) is 1. The van der Waals surface area contributed by atoms with Crippen LogP contribution < -0.4 is 15.0 Å². The second-order valence-corrected chi connectivity index (χ2v) is 8.84. The molecule has 0 aliphatic carbocycles. The topological polar surface area (TPSA) is 58.6 Å². The number of nitrogens with one attached hydrogen (secondary N) is 1. The van der Waals surface area contributed by atoms with Gasteiger partial charge < -0.3 is 10.1 Å². The summed E-state index contributed by atoms with van der Waals surface area (Å²) in [7, 11) is 0. The second-order valence-electron chi connectivity index (χ2n) is 8.84. The Kier molecular flexibility index (Phi) is 6.55. The van der Waals surface area contributed by atoms with Gasteiger partial charge in [-0.3, -0.25) is 9.59 Å². The number of ether oxygens (including phenoxy) is 1. The quantitative estimate of drug-likeness (QED) is 0.431. The minimum Gasteiger partial charge on any atom is -0.494 e. The highest BCUT2D eigenvalue weighted by molar-refractivity contribution is 6.46. The Hall–Kier alpha value is -3.86. The summed E-state index contributed by atoms with van der Waals surface area (Å²) in [6.07, 6.45) is 0. The van der Waals surface area contributed by atoms with Crippen LogP contribution in [0, 0.1) is 13.8 Å². The molecule has 174 valence electrons. The van der Waals surface area contributed by atoms with Gasteiger partial charge in [-0.2, -0.15) is 0 Å². The van der Waals surface area contributed by atoms with Gasteiger partial charge in [0.25, 0.3) is 11.8 Å². The molecule has 0 fully saturated rings. The molecular weight excluding hydrogens is 424 g/mol. The Bertz CT molecular complexity index is 1260.